The molecule has 0 saturated heterocycles. The first-order chi connectivity index (χ1) is 8.02. The Labute approximate surface area is 101 Å². The number of halogens is 3. The van der Waals surface area contributed by atoms with E-state index in [1.807, 2.05) is 0 Å². The van der Waals surface area contributed by atoms with E-state index in [1.54, 1.807) is 19.1 Å². The van der Waals surface area contributed by atoms with Crippen LogP contribution in [0.1, 0.15) is 17.8 Å². The van der Waals surface area contributed by atoms with Crippen LogP contribution in [0.4, 0.5) is 8.78 Å². The van der Waals surface area contributed by atoms with Crippen LogP contribution >= 0.6 is 11.6 Å². The van der Waals surface area contributed by atoms with Crippen molar-refractivity contribution in [1.29, 1.82) is 0 Å². The fraction of sp³-hybridized carbons (Fsp3) is 0.273. The van der Waals surface area contributed by atoms with Crippen molar-refractivity contribution in [2.24, 2.45) is 0 Å². The first kappa shape index (κ1) is 12.0. The van der Waals surface area contributed by atoms with Gasteiger partial charge in [0.25, 0.3) is 6.43 Å². The van der Waals surface area contributed by atoms with E-state index in [0.717, 1.165) is 0 Å². The van der Waals surface area contributed by atoms with E-state index < -0.39 is 12.2 Å². The lowest BCUT2D eigenvalue weighted by Crippen LogP contribution is -1.98. The van der Waals surface area contributed by atoms with Gasteiger partial charge in [-0.3, -0.25) is 0 Å². The van der Waals surface area contributed by atoms with Gasteiger partial charge < -0.3 is 4.74 Å². The molecule has 0 radical (unpaired) electrons. The van der Waals surface area contributed by atoms with Crippen molar-refractivity contribution in [3.05, 3.63) is 28.7 Å². The smallest absolute Gasteiger partial charge is 0.297 e. The van der Waals surface area contributed by atoms with Gasteiger partial charge in [-0.2, -0.15) is 0 Å². The third-order valence-electron chi connectivity index (χ3n) is 2.37. The summed E-state index contributed by atoms with van der Waals surface area (Å²) in [5.74, 6) is 0.0288. The lowest BCUT2D eigenvalue weighted by atomic mass is 10.1. The summed E-state index contributed by atoms with van der Waals surface area (Å²) in [5.41, 5.74) is 1.13. The van der Waals surface area contributed by atoms with Crippen LogP contribution in [0.25, 0.3) is 10.9 Å². The molecule has 1 aromatic heterocycles. The van der Waals surface area contributed by atoms with E-state index in [4.69, 9.17) is 16.3 Å². The molecule has 0 aliphatic carbocycles. The molecule has 0 saturated carbocycles. The Morgan fingerprint density at radius 3 is 2.59 bits per heavy atom. The van der Waals surface area contributed by atoms with Gasteiger partial charge in [0, 0.05) is 5.39 Å². The van der Waals surface area contributed by atoms with E-state index >= 15 is 0 Å². The van der Waals surface area contributed by atoms with E-state index in [0.29, 0.717) is 22.2 Å². The SMILES string of the molecule is COc1cc(C)c2nc(C(F)F)nc(Cl)c2c1. The summed E-state index contributed by atoms with van der Waals surface area (Å²) >= 11 is 5.87. The monoisotopic (exact) mass is 258 g/mol. The number of nitrogens with zero attached hydrogens (tertiary/aromatic N) is 2. The summed E-state index contributed by atoms with van der Waals surface area (Å²) in [6, 6.07) is 3.33. The second-order valence-electron chi connectivity index (χ2n) is 3.51. The van der Waals surface area contributed by atoms with Gasteiger partial charge in [-0.1, -0.05) is 11.6 Å². The highest BCUT2D eigenvalue weighted by Crippen LogP contribution is 2.29. The van der Waals surface area contributed by atoms with E-state index in [2.05, 4.69) is 9.97 Å². The van der Waals surface area contributed by atoms with Crippen molar-refractivity contribution >= 4 is 22.5 Å². The van der Waals surface area contributed by atoms with Crippen LogP contribution in [0.2, 0.25) is 5.15 Å². The number of benzene rings is 1. The first-order valence-corrected chi connectivity index (χ1v) is 5.20. The Balaban J connectivity index is 2.76. The van der Waals surface area contributed by atoms with Crippen LogP contribution in [0.15, 0.2) is 12.1 Å². The number of alkyl halides is 2. The van der Waals surface area contributed by atoms with Gasteiger partial charge in [-0.05, 0) is 24.6 Å². The Morgan fingerprint density at radius 2 is 2.00 bits per heavy atom. The van der Waals surface area contributed by atoms with Crippen molar-refractivity contribution in [2.75, 3.05) is 7.11 Å². The van der Waals surface area contributed by atoms with Crippen molar-refractivity contribution in [3.63, 3.8) is 0 Å². The number of ether oxygens (including phenoxy) is 1. The highest BCUT2D eigenvalue weighted by molar-refractivity contribution is 6.34. The zero-order valence-electron chi connectivity index (χ0n) is 9.17. The fourth-order valence-corrected chi connectivity index (χ4v) is 1.80. The van der Waals surface area contributed by atoms with Gasteiger partial charge in [-0.25, -0.2) is 18.7 Å². The number of rotatable bonds is 2. The Bertz CT molecular complexity index is 575. The second-order valence-corrected chi connectivity index (χ2v) is 3.87. The number of aryl methyl sites for hydroxylation is 1. The summed E-state index contributed by atoms with van der Waals surface area (Å²) in [6.45, 7) is 1.75. The van der Waals surface area contributed by atoms with E-state index in [1.165, 1.54) is 7.11 Å². The van der Waals surface area contributed by atoms with Crippen molar-refractivity contribution in [2.45, 2.75) is 13.3 Å². The molecule has 1 aromatic carbocycles. The molecule has 2 rings (SSSR count). The maximum atomic E-state index is 12.5. The quantitative estimate of drug-likeness (QED) is 0.773. The molecule has 0 fully saturated rings. The standard InChI is InChI=1S/C11H9ClF2N2O/c1-5-3-6(17-2)4-7-8(5)15-11(10(13)14)16-9(7)12/h3-4,10H,1-2H3. The fourth-order valence-electron chi connectivity index (χ4n) is 1.57. The zero-order chi connectivity index (χ0) is 12.6. The first-order valence-electron chi connectivity index (χ1n) is 4.83. The highest BCUT2D eigenvalue weighted by atomic mass is 35.5. The normalized spacial score (nSPS) is 11.2. The van der Waals surface area contributed by atoms with Crippen molar-refractivity contribution < 1.29 is 13.5 Å². The molecule has 0 N–H and O–H groups in total. The van der Waals surface area contributed by atoms with Gasteiger partial charge in [0.15, 0.2) is 5.82 Å². The van der Waals surface area contributed by atoms with Crippen LogP contribution in [-0.2, 0) is 0 Å². The largest absolute Gasteiger partial charge is 0.497 e. The Hall–Kier alpha value is -1.49. The van der Waals surface area contributed by atoms with E-state index in [9.17, 15) is 8.78 Å². The molecule has 0 amide bonds. The molecule has 17 heavy (non-hydrogen) atoms. The zero-order valence-corrected chi connectivity index (χ0v) is 9.92. The molecule has 90 valence electrons. The maximum absolute atomic E-state index is 12.5. The summed E-state index contributed by atoms with van der Waals surface area (Å²) in [5, 5.41) is 0.514. The Morgan fingerprint density at radius 1 is 1.29 bits per heavy atom. The van der Waals surface area contributed by atoms with Crippen LogP contribution in [0.5, 0.6) is 5.75 Å². The molecule has 1 heterocycles. The van der Waals surface area contributed by atoms with Gasteiger partial charge in [0.05, 0.1) is 12.6 Å². The third-order valence-corrected chi connectivity index (χ3v) is 2.65. The van der Waals surface area contributed by atoms with E-state index in [-0.39, 0.29) is 5.15 Å². The third kappa shape index (κ3) is 2.15. The molecule has 0 bridgehead atoms. The second kappa shape index (κ2) is 4.41. The molecule has 0 atom stereocenters. The minimum absolute atomic E-state index is 0.00676. The number of hydrogen-bond donors (Lipinski definition) is 0. The molecular formula is C11H9ClF2N2O. The average Bonchev–Trinajstić information content (AvgIpc) is 2.29. The van der Waals surface area contributed by atoms with Crippen molar-refractivity contribution in [3.8, 4) is 5.75 Å². The minimum Gasteiger partial charge on any atom is -0.497 e. The lowest BCUT2D eigenvalue weighted by molar-refractivity contribution is 0.141. The summed E-state index contributed by atoms with van der Waals surface area (Å²) in [6.07, 6.45) is -2.74. The predicted octanol–water partition coefficient (Wildman–Crippen LogP) is 3.54. The number of hydrogen-bond acceptors (Lipinski definition) is 3. The summed E-state index contributed by atoms with van der Waals surface area (Å²) in [7, 11) is 1.52. The van der Waals surface area contributed by atoms with Crippen LogP contribution in [0, 0.1) is 6.92 Å². The van der Waals surface area contributed by atoms with Crippen molar-refractivity contribution in [1.82, 2.24) is 9.97 Å². The molecular weight excluding hydrogens is 250 g/mol. The Kier molecular flexibility index (Phi) is 3.11. The van der Waals surface area contributed by atoms with Gasteiger partial charge in [0.1, 0.15) is 10.9 Å². The molecule has 0 spiro atoms. The molecule has 0 aliphatic heterocycles. The van der Waals surface area contributed by atoms with Crippen LogP contribution in [-0.4, -0.2) is 17.1 Å². The van der Waals surface area contributed by atoms with Gasteiger partial charge in [-0.15, -0.1) is 0 Å². The number of aromatic nitrogens is 2. The molecule has 3 nitrogen and oxygen atoms in total. The number of fused-ring (bicyclic) bond motifs is 1. The summed E-state index contributed by atoms with van der Waals surface area (Å²) in [4.78, 5) is 7.38. The molecule has 0 unspecified atom stereocenters. The molecule has 0 aliphatic rings. The van der Waals surface area contributed by atoms with Gasteiger partial charge in [0.2, 0.25) is 0 Å². The van der Waals surface area contributed by atoms with Crippen LogP contribution < -0.4 is 4.74 Å². The minimum atomic E-state index is -2.74. The topological polar surface area (TPSA) is 35.0 Å². The maximum Gasteiger partial charge on any atom is 0.297 e. The molecule has 2 aromatic rings. The number of methoxy groups -OCH3 is 1. The summed E-state index contributed by atoms with van der Waals surface area (Å²) < 4.78 is 30.2. The van der Waals surface area contributed by atoms with Crippen LogP contribution in [0.3, 0.4) is 0 Å². The predicted molar refractivity (Wildman–Crippen MR) is 60.8 cm³/mol. The average molecular weight is 259 g/mol. The van der Waals surface area contributed by atoms with Gasteiger partial charge >= 0.3 is 0 Å². The lowest BCUT2D eigenvalue weighted by Gasteiger charge is -2.08. The highest BCUT2D eigenvalue weighted by Gasteiger charge is 2.16. The molecule has 6 heteroatoms.